The van der Waals surface area contributed by atoms with E-state index in [4.69, 9.17) is 29.8 Å². The Labute approximate surface area is 153 Å². The van der Waals surface area contributed by atoms with E-state index in [1.165, 1.54) is 0 Å². The highest BCUT2D eigenvalue weighted by atomic mass is 16.5. The van der Waals surface area contributed by atoms with Gasteiger partial charge in [-0.05, 0) is 18.1 Å². The summed E-state index contributed by atoms with van der Waals surface area (Å²) in [5, 5.41) is 33.5. The van der Waals surface area contributed by atoms with Gasteiger partial charge in [0.05, 0.1) is 6.07 Å². The van der Waals surface area contributed by atoms with E-state index in [0.717, 1.165) is 12.3 Å². The molecular formula is C18H26N2O6. The van der Waals surface area contributed by atoms with Crippen LogP contribution in [0.1, 0.15) is 20.3 Å². The molecule has 1 rings (SSSR count). The summed E-state index contributed by atoms with van der Waals surface area (Å²) >= 11 is 0. The fourth-order valence-corrected chi connectivity index (χ4v) is 2.04. The zero-order chi connectivity index (χ0) is 19.9. The lowest BCUT2D eigenvalue weighted by Gasteiger charge is -2.25. The van der Waals surface area contributed by atoms with Crippen molar-refractivity contribution in [3.63, 3.8) is 0 Å². The first-order chi connectivity index (χ1) is 12.3. The van der Waals surface area contributed by atoms with Gasteiger partial charge in [-0.15, -0.1) is 0 Å². The number of aliphatic carboxylic acids is 2. The molecule has 0 aliphatic carbocycles. The van der Waals surface area contributed by atoms with Crippen molar-refractivity contribution >= 4 is 11.9 Å². The Balaban J connectivity index is 0.000000896. The van der Waals surface area contributed by atoms with Crippen LogP contribution in [0, 0.1) is 17.2 Å². The fraction of sp³-hybridized carbons (Fsp3) is 0.500. The normalized spacial score (nSPS) is 11.2. The van der Waals surface area contributed by atoms with E-state index in [1.54, 1.807) is 0 Å². The Morgan fingerprint density at radius 2 is 1.73 bits per heavy atom. The van der Waals surface area contributed by atoms with Crippen molar-refractivity contribution in [2.75, 3.05) is 26.2 Å². The number of aliphatic hydroxyl groups is 1. The van der Waals surface area contributed by atoms with Crippen molar-refractivity contribution in [1.29, 1.82) is 5.26 Å². The second-order valence-electron chi connectivity index (χ2n) is 5.95. The SMILES string of the molecule is CC(C)CN(CCC#N)CC(O)COc1ccccc1.O=C(O)C(=O)O. The molecular weight excluding hydrogens is 340 g/mol. The van der Waals surface area contributed by atoms with E-state index >= 15 is 0 Å². The lowest BCUT2D eigenvalue weighted by Crippen LogP contribution is -2.38. The second kappa shape index (κ2) is 13.6. The lowest BCUT2D eigenvalue weighted by molar-refractivity contribution is -0.159. The maximum atomic E-state index is 10.0. The summed E-state index contributed by atoms with van der Waals surface area (Å²) in [5.74, 6) is -2.38. The van der Waals surface area contributed by atoms with Crippen LogP contribution >= 0.6 is 0 Å². The Hall–Kier alpha value is -2.63. The van der Waals surface area contributed by atoms with Crippen molar-refractivity contribution in [3.05, 3.63) is 30.3 Å². The Bertz CT molecular complexity index is 559. The summed E-state index contributed by atoms with van der Waals surface area (Å²) in [6.07, 6.45) is -0.0634. The van der Waals surface area contributed by atoms with Gasteiger partial charge in [-0.1, -0.05) is 32.0 Å². The first kappa shape index (κ1) is 23.4. The molecule has 0 saturated heterocycles. The smallest absolute Gasteiger partial charge is 0.414 e. The Morgan fingerprint density at radius 1 is 1.15 bits per heavy atom. The highest BCUT2D eigenvalue weighted by Crippen LogP contribution is 2.09. The molecule has 144 valence electrons. The Morgan fingerprint density at radius 3 is 2.19 bits per heavy atom. The molecule has 1 aromatic carbocycles. The quantitative estimate of drug-likeness (QED) is 0.560. The van der Waals surface area contributed by atoms with Crippen LogP contribution in [0.3, 0.4) is 0 Å². The Kier molecular flexibility index (Phi) is 12.3. The number of ether oxygens (including phenoxy) is 1. The van der Waals surface area contributed by atoms with Crippen molar-refractivity contribution < 1.29 is 29.6 Å². The van der Waals surface area contributed by atoms with Gasteiger partial charge < -0.3 is 20.1 Å². The third-order valence-electron chi connectivity index (χ3n) is 3.00. The number of carboxylic acid groups (broad SMARTS) is 2. The summed E-state index contributed by atoms with van der Waals surface area (Å²) < 4.78 is 5.54. The van der Waals surface area contributed by atoms with Crippen molar-refractivity contribution in [2.45, 2.75) is 26.4 Å². The summed E-state index contributed by atoms with van der Waals surface area (Å²) in [6, 6.07) is 11.6. The van der Waals surface area contributed by atoms with E-state index in [2.05, 4.69) is 24.8 Å². The molecule has 0 amide bonds. The van der Waals surface area contributed by atoms with Crippen LogP contribution in [0.5, 0.6) is 5.75 Å². The van der Waals surface area contributed by atoms with Crippen molar-refractivity contribution in [1.82, 2.24) is 4.90 Å². The molecule has 26 heavy (non-hydrogen) atoms. The minimum atomic E-state index is -1.82. The molecule has 0 radical (unpaired) electrons. The average Bonchev–Trinajstić information content (AvgIpc) is 2.58. The number of hydrogen-bond donors (Lipinski definition) is 3. The zero-order valence-electron chi connectivity index (χ0n) is 15.0. The molecule has 3 N–H and O–H groups in total. The molecule has 0 heterocycles. The minimum absolute atomic E-state index is 0.269. The molecule has 1 aromatic rings. The number of rotatable bonds is 9. The van der Waals surface area contributed by atoms with Crippen molar-refractivity contribution in [2.24, 2.45) is 5.92 Å². The predicted octanol–water partition coefficient (Wildman–Crippen LogP) is 1.45. The third-order valence-corrected chi connectivity index (χ3v) is 3.00. The zero-order valence-corrected chi connectivity index (χ0v) is 15.0. The average molecular weight is 366 g/mol. The van der Waals surface area contributed by atoms with Gasteiger partial charge in [-0.2, -0.15) is 5.26 Å². The lowest BCUT2D eigenvalue weighted by atomic mass is 10.2. The molecule has 0 saturated carbocycles. The maximum Gasteiger partial charge on any atom is 0.414 e. The number of aliphatic hydroxyl groups excluding tert-OH is 1. The monoisotopic (exact) mass is 366 g/mol. The highest BCUT2D eigenvalue weighted by molar-refractivity contribution is 6.27. The summed E-state index contributed by atoms with van der Waals surface area (Å²) in [5.41, 5.74) is 0. The van der Waals surface area contributed by atoms with E-state index in [-0.39, 0.29) is 6.61 Å². The summed E-state index contributed by atoms with van der Waals surface area (Å²) in [7, 11) is 0. The van der Waals surface area contributed by atoms with Gasteiger partial charge in [-0.3, -0.25) is 4.90 Å². The van der Waals surface area contributed by atoms with E-state index in [9.17, 15) is 5.11 Å². The summed E-state index contributed by atoms with van der Waals surface area (Å²) in [4.78, 5) is 20.3. The second-order valence-corrected chi connectivity index (χ2v) is 5.95. The first-order valence-electron chi connectivity index (χ1n) is 8.17. The van der Waals surface area contributed by atoms with Crippen LogP contribution in [0.4, 0.5) is 0 Å². The van der Waals surface area contributed by atoms with Gasteiger partial charge >= 0.3 is 11.9 Å². The highest BCUT2D eigenvalue weighted by Gasteiger charge is 2.13. The maximum absolute atomic E-state index is 10.0. The first-order valence-corrected chi connectivity index (χ1v) is 8.17. The molecule has 0 aliphatic rings. The molecule has 0 fully saturated rings. The van der Waals surface area contributed by atoms with Crippen LogP contribution in [-0.4, -0.2) is 64.5 Å². The molecule has 8 nitrogen and oxygen atoms in total. The van der Waals surface area contributed by atoms with E-state index in [0.29, 0.717) is 25.4 Å². The van der Waals surface area contributed by atoms with Crippen LogP contribution in [0.15, 0.2) is 30.3 Å². The van der Waals surface area contributed by atoms with Crippen LogP contribution in [0.2, 0.25) is 0 Å². The van der Waals surface area contributed by atoms with Gasteiger partial charge in [-0.25, -0.2) is 9.59 Å². The van der Waals surface area contributed by atoms with Gasteiger partial charge in [0, 0.05) is 26.1 Å². The number of para-hydroxylation sites is 1. The van der Waals surface area contributed by atoms with Crippen LogP contribution in [0.25, 0.3) is 0 Å². The van der Waals surface area contributed by atoms with E-state index in [1.807, 2.05) is 30.3 Å². The van der Waals surface area contributed by atoms with Gasteiger partial charge in [0.15, 0.2) is 0 Å². The predicted molar refractivity (Wildman–Crippen MR) is 94.7 cm³/mol. The number of hydrogen-bond acceptors (Lipinski definition) is 6. The molecule has 0 spiro atoms. The molecule has 1 unspecified atom stereocenters. The molecule has 1 atom stereocenters. The molecule has 0 aromatic heterocycles. The van der Waals surface area contributed by atoms with Crippen LogP contribution in [-0.2, 0) is 9.59 Å². The standard InChI is InChI=1S/C16H24N2O2.C2H2O4/c1-14(2)11-18(10-6-9-17)12-15(19)13-20-16-7-4-3-5-8-16;3-1(4)2(5)6/h3-5,7-8,14-15,19H,6,10-13H2,1-2H3;(H,3,4)(H,5,6). The van der Waals surface area contributed by atoms with E-state index < -0.39 is 18.0 Å². The minimum Gasteiger partial charge on any atom is -0.491 e. The largest absolute Gasteiger partial charge is 0.491 e. The van der Waals surface area contributed by atoms with Gasteiger partial charge in [0.2, 0.25) is 0 Å². The van der Waals surface area contributed by atoms with Crippen molar-refractivity contribution in [3.8, 4) is 11.8 Å². The molecule has 0 aliphatic heterocycles. The molecule has 0 bridgehead atoms. The number of benzene rings is 1. The number of carbonyl (C=O) groups is 2. The number of carboxylic acids is 2. The third kappa shape index (κ3) is 12.8. The molecule has 8 heteroatoms. The van der Waals surface area contributed by atoms with Crippen LogP contribution < -0.4 is 4.74 Å². The topological polar surface area (TPSA) is 131 Å². The number of nitriles is 1. The fourth-order valence-electron chi connectivity index (χ4n) is 2.04. The van der Waals surface area contributed by atoms with Gasteiger partial charge in [0.25, 0.3) is 0 Å². The van der Waals surface area contributed by atoms with Gasteiger partial charge in [0.1, 0.15) is 18.5 Å². The number of nitrogens with zero attached hydrogens (tertiary/aromatic N) is 2. The summed E-state index contributed by atoms with van der Waals surface area (Å²) in [6.45, 7) is 6.64.